The van der Waals surface area contributed by atoms with Crippen LogP contribution in [0.4, 0.5) is 0 Å². The average molecular weight is 663 g/mol. The summed E-state index contributed by atoms with van der Waals surface area (Å²) in [4.78, 5) is 19.5. The van der Waals surface area contributed by atoms with Crippen molar-refractivity contribution in [2.75, 3.05) is 0 Å². The molecule has 3 aromatic heterocycles. The molecule has 0 saturated heterocycles. The number of hydrogen-bond acceptors (Lipinski definition) is 4. The van der Waals surface area contributed by atoms with Crippen LogP contribution in [0.1, 0.15) is 0 Å². The first-order valence-electron chi connectivity index (χ1n) is 17.5. The second kappa shape index (κ2) is 12.4. The minimum Gasteiger partial charge on any atom is -0.255 e. The van der Waals surface area contributed by atoms with Crippen molar-refractivity contribution >= 4 is 43.1 Å². The summed E-state index contributed by atoms with van der Waals surface area (Å²) < 4.78 is 0. The zero-order chi connectivity index (χ0) is 34.4. The number of hydrogen-bond donors (Lipinski definition) is 0. The van der Waals surface area contributed by atoms with Crippen molar-refractivity contribution in [2.24, 2.45) is 0 Å². The van der Waals surface area contributed by atoms with Gasteiger partial charge in [0.25, 0.3) is 0 Å². The maximum absolute atomic E-state index is 5.11. The van der Waals surface area contributed by atoms with Crippen molar-refractivity contribution in [3.8, 4) is 56.4 Å². The molecule has 0 N–H and O–H groups in total. The Kier molecular flexibility index (Phi) is 7.10. The fourth-order valence-corrected chi connectivity index (χ4v) is 7.62. The van der Waals surface area contributed by atoms with Crippen molar-refractivity contribution in [3.63, 3.8) is 0 Å². The van der Waals surface area contributed by atoms with Gasteiger partial charge in [-0.2, -0.15) is 0 Å². The fourth-order valence-electron chi connectivity index (χ4n) is 7.62. The molecular formula is C48H30N4. The Morgan fingerprint density at radius 1 is 0.269 bits per heavy atom. The van der Waals surface area contributed by atoms with Gasteiger partial charge in [0.05, 0.1) is 22.8 Å². The molecule has 0 aliphatic heterocycles. The maximum Gasteiger partial charge on any atom is 0.161 e. The molecule has 7 aromatic carbocycles. The van der Waals surface area contributed by atoms with Crippen LogP contribution >= 0.6 is 0 Å². The highest BCUT2D eigenvalue weighted by atomic mass is 14.9. The van der Waals surface area contributed by atoms with E-state index in [1.165, 1.54) is 54.6 Å². The standard InChI is InChI=1S/C48H30N4/c1-2-14-31(15-3-1)40-28-42-37-21-9-8-20-36(37)41(29-43(42)35-19-7-6-18-34(35)40)38-24-25-39(33-17-5-4-16-32(33)38)48-51-46(44-22-10-12-26-49-44)30-47(52-48)45-23-11-13-27-50-45/h1-30H. The van der Waals surface area contributed by atoms with Gasteiger partial charge in [0, 0.05) is 18.0 Å². The van der Waals surface area contributed by atoms with Crippen molar-refractivity contribution < 1.29 is 0 Å². The summed E-state index contributed by atoms with van der Waals surface area (Å²) >= 11 is 0. The van der Waals surface area contributed by atoms with Gasteiger partial charge >= 0.3 is 0 Å². The number of aromatic nitrogens is 4. The van der Waals surface area contributed by atoms with Crippen LogP contribution in [-0.2, 0) is 0 Å². The van der Waals surface area contributed by atoms with E-state index in [0.717, 1.165) is 39.1 Å². The highest BCUT2D eigenvalue weighted by molar-refractivity contribution is 6.25. The molecule has 4 nitrogen and oxygen atoms in total. The maximum atomic E-state index is 5.11. The highest BCUT2D eigenvalue weighted by Crippen LogP contribution is 2.44. The van der Waals surface area contributed by atoms with Crippen molar-refractivity contribution in [1.29, 1.82) is 0 Å². The smallest absolute Gasteiger partial charge is 0.161 e. The minimum atomic E-state index is 0.634. The summed E-state index contributed by atoms with van der Waals surface area (Å²) in [5, 5.41) is 9.65. The van der Waals surface area contributed by atoms with Crippen molar-refractivity contribution in [2.45, 2.75) is 0 Å². The first-order chi connectivity index (χ1) is 25.8. The van der Waals surface area contributed by atoms with E-state index in [1.807, 2.05) is 42.5 Å². The molecule has 4 heteroatoms. The predicted octanol–water partition coefficient (Wildman–Crippen LogP) is 12.2. The van der Waals surface area contributed by atoms with Crippen LogP contribution in [0.25, 0.3) is 99.5 Å². The summed E-state index contributed by atoms with van der Waals surface area (Å²) in [5.41, 5.74) is 8.86. The highest BCUT2D eigenvalue weighted by Gasteiger charge is 2.19. The SMILES string of the molecule is c1ccc(-c2cc3c4ccccc4c(-c4ccc(-c5nc(-c6ccccn6)cc(-c6ccccn6)n5)c5ccccc45)cc3c3ccccc23)cc1. The van der Waals surface area contributed by atoms with Gasteiger partial charge in [-0.3, -0.25) is 9.97 Å². The van der Waals surface area contributed by atoms with Gasteiger partial charge in [0.1, 0.15) is 0 Å². The zero-order valence-electron chi connectivity index (χ0n) is 28.1. The second-order valence-electron chi connectivity index (χ2n) is 13.0. The van der Waals surface area contributed by atoms with Gasteiger partial charge in [-0.05, 0) is 114 Å². The van der Waals surface area contributed by atoms with Crippen molar-refractivity contribution in [1.82, 2.24) is 19.9 Å². The molecule has 0 aliphatic rings. The van der Waals surface area contributed by atoms with Gasteiger partial charge in [-0.15, -0.1) is 0 Å². The monoisotopic (exact) mass is 662 g/mol. The van der Waals surface area contributed by atoms with Crippen molar-refractivity contribution in [3.05, 3.63) is 182 Å². The molecule has 0 radical (unpaired) electrons. The lowest BCUT2D eigenvalue weighted by Crippen LogP contribution is -1.98. The Hall–Kier alpha value is -7.04. The molecule has 0 saturated carbocycles. The minimum absolute atomic E-state index is 0.634. The van der Waals surface area contributed by atoms with Gasteiger partial charge in [-0.25, -0.2) is 9.97 Å². The lowest BCUT2D eigenvalue weighted by atomic mass is 9.86. The van der Waals surface area contributed by atoms with E-state index in [9.17, 15) is 0 Å². The van der Waals surface area contributed by atoms with Gasteiger partial charge < -0.3 is 0 Å². The topological polar surface area (TPSA) is 51.6 Å². The normalized spacial score (nSPS) is 11.5. The van der Waals surface area contributed by atoms with Crippen LogP contribution in [0.5, 0.6) is 0 Å². The number of benzene rings is 7. The Morgan fingerprint density at radius 2 is 0.712 bits per heavy atom. The van der Waals surface area contributed by atoms with Crippen LogP contribution in [0.3, 0.4) is 0 Å². The number of rotatable bonds is 5. The van der Waals surface area contributed by atoms with E-state index in [2.05, 4.69) is 137 Å². The average Bonchev–Trinajstić information content (AvgIpc) is 3.23. The van der Waals surface area contributed by atoms with Crippen LogP contribution in [0, 0.1) is 0 Å². The Balaban J connectivity index is 1.23. The molecule has 0 atom stereocenters. The lowest BCUT2D eigenvalue weighted by Gasteiger charge is -2.18. The molecule has 0 fully saturated rings. The van der Waals surface area contributed by atoms with Crippen LogP contribution in [-0.4, -0.2) is 19.9 Å². The third-order valence-electron chi connectivity index (χ3n) is 10.0. The molecule has 0 unspecified atom stereocenters. The fraction of sp³-hybridized carbons (Fsp3) is 0. The Labute approximate surface area is 300 Å². The predicted molar refractivity (Wildman–Crippen MR) is 215 cm³/mol. The van der Waals surface area contributed by atoms with Crippen LogP contribution in [0.15, 0.2) is 182 Å². The Bertz CT molecular complexity index is 2880. The van der Waals surface area contributed by atoms with Crippen LogP contribution in [0.2, 0.25) is 0 Å². The Morgan fingerprint density at radius 3 is 1.27 bits per heavy atom. The van der Waals surface area contributed by atoms with Gasteiger partial charge in [-0.1, -0.05) is 121 Å². The molecule has 0 bridgehead atoms. The summed E-state index contributed by atoms with van der Waals surface area (Å²) in [6, 6.07) is 59.8. The third-order valence-corrected chi connectivity index (χ3v) is 10.0. The van der Waals surface area contributed by atoms with Gasteiger partial charge in [0.15, 0.2) is 5.82 Å². The quantitative estimate of drug-likeness (QED) is 0.172. The summed E-state index contributed by atoms with van der Waals surface area (Å²) in [7, 11) is 0. The molecule has 10 rings (SSSR count). The number of pyridine rings is 2. The molecule has 0 amide bonds. The number of nitrogens with zero attached hydrogens (tertiary/aromatic N) is 4. The van der Waals surface area contributed by atoms with E-state index >= 15 is 0 Å². The molecule has 52 heavy (non-hydrogen) atoms. The van der Waals surface area contributed by atoms with E-state index < -0.39 is 0 Å². The zero-order valence-corrected chi connectivity index (χ0v) is 28.1. The van der Waals surface area contributed by atoms with E-state index in [0.29, 0.717) is 5.82 Å². The lowest BCUT2D eigenvalue weighted by molar-refractivity contribution is 1.15. The summed E-state index contributed by atoms with van der Waals surface area (Å²) in [6.07, 6.45) is 3.59. The largest absolute Gasteiger partial charge is 0.255 e. The van der Waals surface area contributed by atoms with E-state index in [4.69, 9.17) is 9.97 Å². The molecule has 242 valence electrons. The van der Waals surface area contributed by atoms with Gasteiger partial charge in [0.2, 0.25) is 0 Å². The van der Waals surface area contributed by atoms with E-state index in [-0.39, 0.29) is 0 Å². The molecule has 0 spiro atoms. The summed E-state index contributed by atoms with van der Waals surface area (Å²) in [5.74, 6) is 0.634. The second-order valence-corrected chi connectivity index (χ2v) is 13.0. The molecule has 3 heterocycles. The number of fused-ring (bicyclic) bond motifs is 6. The summed E-state index contributed by atoms with van der Waals surface area (Å²) in [6.45, 7) is 0. The van der Waals surface area contributed by atoms with Crippen LogP contribution < -0.4 is 0 Å². The van der Waals surface area contributed by atoms with E-state index in [1.54, 1.807) is 12.4 Å². The molecule has 10 aromatic rings. The first-order valence-corrected chi connectivity index (χ1v) is 17.5. The molecule has 0 aliphatic carbocycles. The third kappa shape index (κ3) is 5.00. The first kappa shape index (κ1) is 29.8. The molecular weight excluding hydrogens is 633 g/mol.